The molecule has 2 heterocycles. The highest BCUT2D eigenvalue weighted by Crippen LogP contribution is 2.30. The highest BCUT2D eigenvalue weighted by Gasteiger charge is 2.51. The van der Waals surface area contributed by atoms with Gasteiger partial charge >= 0.3 is 17.3 Å². The Morgan fingerprint density at radius 1 is 1.38 bits per heavy atom. The summed E-state index contributed by atoms with van der Waals surface area (Å²) in [6.07, 6.45) is -3.02. The fraction of sp³-hybridized carbons (Fsp3) is 0.875. The standard InChI is InChI=1S/C8H12O7S/c1-3-11-7(9)5-6(15-16(10)14-5)8-12-4(2)13-8/h4-6,8H,3H2,1-2H3/t4?,5-,6?,8?,16?/m0/s1. The first-order chi connectivity index (χ1) is 7.61. The molecule has 2 saturated heterocycles. The Kier molecular flexibility index (Phi) is 3.55. The van der Waals surface area contributed by atoms with Crippen molar-refractivity contribution >= 4 is 17.3 Å². The summed E-state index contributed by atoms with van der Waals surface area (Å²) in [5.74, 6) is -0.634. The summed E-state index contributed by atoms with van der Waals surface area (Å²) in [5.41, 5.74) is 0. The minimum Gasteiger partial charge on any atom is -0.464 e. The predicted molar refractivity (Wildman–Crippen MR) is 49.9 cm³/mol. The van der Waals surface area contributed by atoms with Gasteiger partial charge in [0.25, 0.3) is 0 Å². The van der Waals surface area contributed by atoms with Crippen LogP contribution in [-0.4, -0.2) is 41.6 Å². The smallest absolute Gasteiger partial charge is 0.339 e. The Bertz CT molecular complexity index is 301. The topological polar surface area (TPSA) is 80.3 Å². The van der Waals surface area contributed by atoms with Crippen LogP contribution in [0.4, 0.5) is 0 Å². The van der Waals surface area contributed by atoms with Crippen molar-refractivity contribution < 1.29 is 31.6 Å². The zero-order valence-electron chi connectivity index (χ0n) is 8.78. The number of carbonyl (C=O) groups excluding carboxylic acids is 1. The number of rotatable bonds is 3. The van der Waals surface area contributed by atoms with Gasteiger partial charge in [-0.2, -0.15) is 4.21 Å². The molecule has 0 aromatic heterocycles. The molecular weight excluding hydrogens is 240 g/mol. The van der Waals surface area contributed by atoms with Crippen LogP contribution in [0, 0.1) is 0 Å². The third-order valence-electron chi connectivity index (χ3n) is 2.11. The van der Waals surface area contributed by atoms with E-state index in [0.29, 0.717) is 0 Å². The lowest BCUT2D eigenvalue weighted by Crippen LogP contribution is -2.52. The predicted octanol–water partition coefficient (Wildman–Crippen LogP) is -0.369. The molecule has 8 heteroatoms. The van der Waals surface area contributed by atoms with Crippen molar-refractivity contribution in [3.05, 3.63) is 0 Å². The van der Waals surface area contributed by atoms with Crippen LogP contribution in [-0.2, 0) is 38.7 Å². The van der Waals surface area contributed by atoms with E-state index in [9.17, 15) is 9.00 Å². The first kappa shape index (κ1) is 11.9. The van der Waals surface area contributed by atoms with Gasteiger partial charge in [0.15, 0.2) is 18.7 Å². The lowest BCUT2D eigenvalue weighted by atomic mass is 10.2. The number of carbonyl (C=O) groups is 1. The normalized spacial score (nSPS) is 42.8. The van der Waals surface area contributed by atoms with Crippen molar-refractivity contribution in [2.45, 2.75) is 38.6 Å². The molecule has 7 nitrogen and oxygen atoms in total. The monoisotopic (exact) mass is 252 g/mol. The van der Waals surface area contributed by atoms with Crippen molar-refractivity contribution in [1.29, 1.82) is 0 Å². The third kappa shape index (κ3) is 2.25. The number of hydrogen-bond acceptors (Lipinski definition) is 7. The minimum absolute atomic E-state index is 0.209. The molecule has 0 saturated carbocycles. The maximum absolute atomic E-state index is 11.5. The van der Waals surface area contributed by atoms with Crippen molar-refractivity contribution in [3.63, 3.8) is 0 Å². The van der Waals surface area contributed by atoms with Crippen LogP contribution in [0.2, 0.25) is 0 Å². The lowest BCUT2D eigenvalue weighted by Gasteiger charge is -2.36. The SMILES string of the molecule is CCOC(=O)[C@H]1OS(=O)OC1C1OC(C)O1. The maximum atomic E-state index is 11.5. The summed E-state index contributed by atoms with van der Waals surface area (Å²) in [6.45, 7) is 3.57. The molecule has 0 aromatic carbocycles. The molecule has 0 aliphatic carbocycles. The van der Waals surface area contributed by atoms with E-state index in [-0.39, 0.29) is 12.9 Å². The van der Waals surface area contributed by atoms with Crippen molar-refractivity contribution in [2.24, 2.45) is 0 Å². The molecule has 0 radical (unpaired) electrons. The summed E-state index contributed by atoms with van der Waals surface area (Å²) in [4.78, 5) is 11.5. The second kappa shape index (κ2) is 4.76. The van der Waals surface area contributed by atoms with Gasteiger partial charge < -0.3 is 14.2 Å². The summed E-state index contributed by atoms with van der Waals surface area (Å²) < 4.78 is 35.8. The Balaban J connectivity index is 1.99. The molecule has 2 rings (SSSR count). The van der Waals surface area contributed by atoms with Gasteiger partial charge in [0.1, 0.15) is 0 Å². The molecule has 2 aliphatic heterocycles. The van der Waals surface area contributed by atoms with Crippen LogP contribution >= 0.6 is 0 Å². The van der Waals surface area contributed by atoms with E-state index in [0.717, 1.165) is 0 Å². The molecule has 0 amide bonds. The van der Waals surface area contributed by atoms with Crippen LogP contribution < -0.4 is 0 Å². The Labute approximate surface area is 94.8 Å². The van der Waals surface area contributed by atoms with E-state index in [4.69, 9.17) is 22.6 Å². The average molecular weight is 252 g/mol. The number of ether oxygens (including phenoxy) is 3. The summed E-state index contributed by atoms with van der Waals surface area (Å²) >= 11 is -1.97. The van der Waals surface area contributed by atoms with Gasteiger partial charge in [0.2, 0.25) is 6.10 Å². The number of hydrogen-bond donors (Lipinski definition) is 0. The lowest BCUT2D eigenvalue weighted by molar-refractivity contribution is -0.396. The third-order valence-corrected chi connectivity index (χ3v) is 2.85. The molecule has 0 aromatic rings. The molecule has 3 atom stereocenters. The molecule has 2 aliphatic rings. The maximum Gasteiger partial charge on any atom is 0.339 e. The van der Waals surface area contributed by atoms with Crippen LogP contribution in [0.15, 0.2) is 0 Å². The van der Waals surface area contributed by atoms with E-state index in [1.54, 1.807) is 13.8 Å². The van der Waals surface area contributed by atoms with Gasteiger partial charge in [-0.3, -0.25) is 8.37 Å². The van der Waals surface area contributed by atoms with E-state index >= 15 is 0 Å². The summed E-state index contributed by atoms with van der Waals surface area (Å²) in [7, 11) is 0. The van der Waals surface area contributed by atoms with Crippen LogP contribution in [0.3, 0.4) is 0 Å². The van der Waals surface area contributed by atoms with Gasteiger partial charge in [0, 0.05) is 0 Å². The zero-order valence-corrected chi connectivity index (χ0v) is 9.60. The minimum atomic E-state index is -1.97. The second-order valence-electron chi connectivity index (χ2n) is 3.24. The van der Waals surface area contributed by atoms with Gasteiger partial charge in [-0.15, -0.1) is 0 Å². The van der Waals surface area contributed by atoms with Crippen LogP contribution in [0.1, 0.15) is 13.8 Å². The van der Waals surface area contributed by atoms with E-state index in [1.165, 1.54) is 0 Å². The van der Waals surface area contributed by atoms with Crippen molar-refractivity contribution in [3.8, 4) is 0 Å². The molecule has 92 valence electrons. The molecular formula is C8H12O7S. The van der Waals surface area contributed by atoms with Gasteiger partial charge in [-0.1, -0.05) is 0 Å². The number of esters is 1. The van der Waals surface area contributed by atoms with Gasteiger partial charge in [0.05, 0.1) is 6.61 Å². The van der Waals surface area contributed by atoms with Crippen molar-refractivity contribution in [2.75, 3.05) is 6.61 Å². The summed E-state index contributed by atoms with van der Waals surface area (Å²) in [6, 6.07) is 0. The largest absolute Gasteiger partial charge is 0.464 e. The molecule has 2 fully saturated rings. The van der Waals surface area contributed by atoms with Crippen LogP contribution in [0.25, 0.3) is 0 Å². The highest BCUT2D eigenvalue weighted by atomic mass is 32.2. The first-order valence-electron chi connectivity index (χ1n) is 4.85. The van der Waals surface area contributed by atoms with E-state index in [1.807, 2.05) is 0 Å². The Hall–Kier alpha value is -0.540. The second-order valence-corrected chi connectivity index (χ2v) is 4.04. The van der Waals surface area contributed by atoms with E-state index < -0.39 is 35.8 Å². The Morgan fingerprint density at radius 3 is 2.62 bits per heavy atom. The van der Waals surface area contributed by atoms with Gasteiger partial charge in [-0.25, -0.2) is 4.79 Å². The molecule has 0 bridgehead atoms. The fourth-order valence-corrected chi connectivity index (χ4v) is 2.21. The van der Waals surface area contributed by atoms with Crippen LogP contribution in [0.5, 0.6) is 0 Å². The average Bonchev–Trinajstić information content (AvgIpc) is 2.55. The first-order valence-corrected chi connectivity index (χ1v) is 5.85. The molecule has 16 heavy (non-hydrogen) atoms. The quantitative estimate of drug-likeness (QED) is 0.634. The Morgan fingerprint density at radius 2 is 2.06 bits per heavy atom. The van der Waals surface area contributed by atoms with Gasteiger partial charge in [-0.05, 0) is 13.8 Å². The van der Waals surface area contributed by atoms with Crippen molar-refractivity contribution in [1.82, 2.24) is 0 Å². The fourth-order valence-electron chi connectivity index (χ4n) is 1.43. The van der Waals surface area contributed by atoms with E-state index in [2.05, 4.69) is 0 Å². The molecule has 2 unspecified atom stereocenters. The molecule has 0 N–H and O–H groups in total. The summed E-state index contributed by atoms with van der Waals surface area (Å²) in [5, 5.41) is 0. The highest BCUT2D eigenvalue weighted by molar-refractivity contribution is 7.75. The molecule has 0 spiro atoms. The zero-order chi connectivity index (χ0) is 11.7.